The average Bonchev–Trinajstić information content (AvgIpc) is 3.20. The molecule has 0 bridgehead atoms. The van der Waals surface area contributed by atoms with Gasteiger partial charge < -0.3 is 14.4 Å². The highest BCUT2D eigenvalue weighted by Crippen LogP contribution is 2.39. The van der Waals surface area contributed by atoms with Crippen LogP contribution in [0.3, 0.4) is 0 Å². The molecule has 7 heteroatoms. The van der Waals surface area contributed by atoms with Gasteiger partial charge in [-0.25, -0.2) is 9.37 Å². The molecule has 132 valence electrons. The Morgan fingerprint density at radius 2 is 2.04 bits per heavy atom. The molecule has 0 aliphatic rings. The first-order valence-corrected chi connectivity index (χ1v) is 8.83. The van der Waals surface area contributed by atoms with E-state index in [4.69, 9.17) is 4.74 Å². The van der Waals surface area contributed by atoms with Gasteiger partial charge in [0.15, 0.2) is 11.6 Å². The van der Waals surface area contributed by atoms with Gasteiger partial charge in [0.25, 0.3) is 0 Å². The van der Waals surface area contributed by atoms with Gasteiger partial charge in [0.2, 0.25) is 0 Å². The normalized spacial score (nSPS) is 11.2. The lowest BCUT2D eigenvalue weighted by Crippen LogP contribution is -1.97. The van der Waals surface area contributed by atoms with Crippen LogP contribution in [0.25, 0.3) is 20.9 Å². The van der Waals surface area contributed by atoms with Crippen molar-refractivity contribution in [1.82, 2.24) is 14.5 Å². The molecular formula is C19H16FN3O2S. The molecule has 0 aliphatic carbocycles. The van der Waals surface area contributed by atoms with E-state index in [1.807, 2.05) is 24.6 Å². The molecule has 26 heavy (non-hydrogen) atoms. The number of aromatic nitrogens is 3. The SMILES string of the molecule is Cc1ccc(Oc2ccnc3cc(-c4ncc(CO)n4C)sc23)c(F)c1. The molecule has 1 aromatic carbocycles. The summed E-state index contributed by atoms with van der Waals surface area (Å²) in [5.41, 5.74) is 2.31. The van der Waals surface area contributed by atoms with E-state index in [0.29, 0.717) is 5.75 Å². The molecule has 5 nitrogen and oxygen atoms in total. The van der Waals surface area contributed by atoms with E-state index in [-0.39, 0.29) is 12.4 Å². The lowest BCUT2D eigenvalue weighted by molar-refractivity contribution is 0.273. The number of hydrogen-bond donors (Lipinski definition) is 1. The van der Waals surface area contributed by atoms with Crippen molar-refractivity contribution in [2.75, 3.05) is 0 Å². The maximum atomic E-state index is 14.1. The zero-order chi connectivity index (χ0) is 18.3. The topological polar surface area (TPSA) is 60.2 Å². The highest BCUT2D eigenvalue weighted by atomic mass is 32.1. The number of fused-ring (bicyclic) bond motifs is 1. The summed E-state index contributed by atoms with van der Waals surface area (Å²) in [7, 11) is 1.85. The van der Waals surface area contributed by atoms with Gasteiger partial charge >= 0.3 is 0 Å². The molecule has 3 aromatic heterocycles. The molecule has 0 unspecified atom stereocenters. The van der Waals surface area contributed by atoms with Gasteiger partial charge in [-0.05, 0) is 30.7 Å². The van der Waals surface area contributed by atoms with Gasteiger partial charge in [-0.15, -0.1) is 11.3 Å². The first kappa shape index (κ1) is 16.7. The van der Waals surface area contributed by atoms with E-state index in [2.05, 4.69) is 9.97 Å². The van der Waals surface area contributed by atoms with Crippen molar-refractivity contribution in [3.63, 3.8) is 0 Å². The molecule has 0 radical (unpaired) electrons. The number of aliphatic hydroxyl groups excluding tert-OH is 1. The van der Waals surface area contributed by atoms with Crippen LogP contribution >= 0.6 is 11.3 Å². The quantitative estimate of drug-likeness (QED) is 0.578. The van der Waals surface area contributed by atoms with E-state index >= 15 is 0 Å². The molecule has 0 saturated carbocycles. The highest BCUT2D eigenvalue weighted by molar-refractivity contribution is 7.22. The number of pyridine rings is 1. The minimum absolute atomic E-state index is 0.0757. The summed E-state index contributed by atoms with van der Waals surface area (Å²) in [5.74, 6) is 1.07. The number of ether oxygens (including phenoxy) is 1. The molecule has 4 aromatic rings. The Hall–Kier alpha value is -2.77. The van der Waals surface area contributed by atoms with Crippen molar-refractivity contribution in [1.29, 1.82) is 0 Å². The number of aryl methyl sites for hydroxylation is 1. The van der Waals surface area contributed by atoms with Crippen LogP contribution in [0, 0.1) is 12.7 Å². The number of hydrogen-bond acceptors (Lipinski definition) is 5. The van der Waals surface area contributed by atoms with E-state index in [1.54, 1.807) is 30.6 Å². The Morgan fingerprint density at radius 3 is 2.77 bits per heavy atom. The first-order valence-electron chi connectivity index (χ1n) is 8.01. The van der Waals surface area contributed by atoms with Crippen molar-refractivity contribution in [3.8, 4) is 22.2 Å². The first-order chi connectivity index (χ1) is 12.6. The number of benzene rings is 1. The molecule has 4 rings (SSSR count). The maximum absolute atomic E-state index is 14.1. The number of imidazole rings is 1. The lowest BCUT2D eigenvalue weighted by atomic mass is 10.2. The summed E-state index contributed by atoms with van der Waals surface area (Å²) in [6, 6.07) is 8.51. The predicted octanol–water partition coefficient (Wildman–Crippen LogP) is 4.43. The summed E-state index contributed by atoms with van der Waals surface area (Å²) in [6.07, 6.45) is 3.28. The molecule has 0 atom stereocenters. The van der Waals surface area contributed by atoms with Crippen LogP contribution in [0.5, 0.6) is 11.5 Å². The number of rotatable bonds is 4. The van der Waals surface area contributed by atoms with Gasteiger partial charge in [0, 0.05) is 19.3 Å². The van der Waals surface area contributed by atoms with Crippen molar-refractivity contribution in [2.45, 2.75) is 13.5 Å². The highest BCUT2D eigenvalue weighted by Gasteiger charge is 2.16. The van der Waals surface area contributed by atoms with Crippen LogP contribution in [0.1, 0.15) is 11.3 Å². The molecule has 3 heterocycles. The van der Waals surface area contributed by atoms with Crippen LogP contribution < -0.4 is 4.74 Å². The fourth-order valence-electron chi connectivity index (χ4n) is 2.73. The third-order valence-electron chi connectivity index (χ3n) is 4.15. The standard InChI is InChI=1S/C19H16FN3O2S/c1-11-3-4-15(13(20)7-11)25-16-5-6-21-14-8-17(26-18(14)16)19-22-9-12(10-24)23(19)2/h3-9,24H,10H2,1-2H3. The Morgan fingerprint density at radius 1 is 1.19 bits per heavy atom. The molecule has 1 N–H and O–H groups in total. The maximum Gasteiger partial charge on any atom is 0.165 e. The minimum Gasteiger partial charge on any atom is -0.453 e. The Kier molecular flexibility index (Phi) is 4.18. The van der Waals surface area contributed by atoms with Crippen LogP contribution in [-0.2, 0) is 13.7 Å². The van der Waals surface area contributed by atoms with Crippen molar-refractivity contribution >= 4 is 21.6 Å². The van der Waals surface area contributed by atoms with Crippen molar-refractivity contribution in [2.24, 2.45) is 7.05 Å². The third kappa shape index (κ3) is 2.85. The fraction of sp³-hybridized carbons (Fsp3) is 0.158. The monoisotopic (exact) mass is 369 g/mol. The van der Waals surface area contributed by atoms with E-state index in [1.165, 1.54) is 17.4 Å². The molecule has 0 aliphatic heterocycles. The second-order valence-corrected chi connectivity index (χ2v) is 7.01. The largest absolute Gasteiger partial charge is 0.453 e. The summed E-state index contributed by atoms with van der Waals surface area (Å²) < 4.78 is 22.6. The molecule has 0 fully saturated rings. The Balaban J connectivity index is 1.77. The molecular weight excluding hydrogens is 353 g/mol. The van der Waals surface area contributed by atoms with Crippen LogP contribution in [0.15, 0.2) is 42.7 Å². The van der Waals surface area contributed by atoms with E-state index in [9.17, 15) is 9.50 Å². The Labute approximate surface area is 153 Å². The van der Waals surface area contributed by atoms with Gasteiger partial charge in [-0.2, -0.15) is 0 Å². The molecule has 0 saturated heterocycles. The predicted molar refractivity (Wildman–Crippen MR) is 99.0 cm³/mol. The Bertz CT molecular complexity index is 1100. The second kappa shape index (κ2) is 6.51. The number of nitrogens with zero attached hydrogens (tertiary/aromatic N) is 3. The van der Waals surface area contributed by atoms with Crippen LogP contribution in [-0.4, -0.2) is 19.6 Å². The minimum atomic E-state index is -0.400. The number of thiophene rings is 1. The average molecular weight is 369 g/mol. The van der Waals surface area contributed by atoms with Crippen LogP contribution in [0.4, 0.5) is 4.39 Å². The summed E-state index contributed by atoms with van der Waals surface area (Å²) in [5, 5.41) is 9.35. The van der Waals surface area contributed by atoms with Gasteiger partial charge in [-0.3, -0.25) is 4.98 Å². The van der Waals surface area contributed by atoms with Gasteiger partial charge in [0.1, 0.15) is 11.6 Å². The number of halogens is 1. The van der Waals surface area contributed by atoms with E-state index < -0.39 is 5.82 Å². The van der Waals surface area contributed by atoms with Crippen molar-refractivity contribution in [3.05, 3.63) is 59.8 Å². The fourth-order valence-corrected chi connectivity index (χ4v) is 3.83. The van der Waals surface area contributed by atoms with Crippen molar-refractivity contribution < 1.29 is 14.2 Å². The smallest absolute Gasteiger partial charge is 0.165 e. The summed E-state index contributed by atoms with van der Waals surface area (Å²) in [6.45, 7) is 1.75. The molecule has 0 spiro atoms. The zero-order valence-corrected chi connectivity index (χ0v) is 15.0. The lowest BCUT2D eigenvalue weighted by Gasteiger charge is -2.07. The van der Waals surface area contributed by atoms with Crippen LogP contribution in [0.2, 0.25) is 0 Å². The molecule has 0 amide bonds. The summed E-state index contributed by atoms with van der Waals surface area (Å²) >= 11 is 1.47. The number of aliphatic hydroxyl groups is 1. The van der Waals surface area contributed by atoms with Gasteiger partial charge in [-0.1, -0.05) is 6.07 Å². The van der Waals surface area contributed by atoms with E-state index in [0.717, 1.165) is 32.2 Å². The summed E-state index contributed by atoms with van der Waals surface area (Å²) in [4.78, 5) is 9.65. The second-order valence-electron chi connectivity index (χ2n) is 5.96. The van der Waals surface area contributed by atoms with Gasteiger partial charge in [0.05, 0.1) is 33.6 Å². The zero-order valence-electron chi connectivity index (χ0n) is 14.2. The third-order valence-corrected chi connectivity index (χ3v) is 5.28.